The molecule has 0 bridgehead atoms. The van der Waals surface area contributed by atoms with Crippen molar-refractivity contribution in [2.45, 2.75) is 32.7 Å². The Bertz CT molecular complexity index is 1140. The summed E-state index contributed by atoms with van der Waals surface area (Å²) in [5.41, 5.74) is 2.14. The predicted octanol–water partition coefficient (Wildman–Crippen LogP) is 3.94. The largest absolute Gasteiger partial charge is 0.507 e. The second kappa shape index (κ2) is 12.3. The second-order valence-electron chi connectivity index (χ2n) is 9.40. The lowest BCUT2D eigenvalue weighted by atomic mass is 9.94. The molecular weight excluding hydrogens is 472 g/mol. The lowest BCUT2D eigenvalue weighted by Crippen LogP contribution is -2.38. The van der Waals surface area contributed by atoms with Crippen molar-refractivity contribution >= 4 is 17.4 Å². The van der Waals surface area contributed by atoms with E-state index < -0.39 is 17.7 Å². The predicted molar refractivity (Wildman–Crippen MR) is 141 cm³/mol. The maximum atomic E-state index is 13.3. The van der Waals surface area contributed by atoms with Gasteiger partial charge in [-0.3, -0.25) is 14.5 Å². The van der Waals surface area contributed by atoms with Gasteiger partial charge in [0.05, 0.1) is 38.5 Å². The average molecular weight is 509 g/mol. The number of Topliss-reactive ketones (excluding diaryl/α,β-unsaturated/α-hetero) is 1. The van der Waals surface area contributed by atoms with Gasteiger partial charge in [0.1, 0.15) is 17.3 Å². The van der Waals surface area contributed by atoms with E-state index in [2.05, 4.69) is 4.90 Å². The highest BCUT2D eigenvalue weighted by Gasteiger charge is 2.45. The Labute approximate surface area is 218 Å². The summed E-state index contributed by atoms with van der Waals surface area (Å²) in [5.74, 6) is -0.0465. The number of nitrogens with zero attached hydrogens (tertiary/aromatic N) is 2. The standard InChI is InChI=1S/C29H36N2O6/c1-4-16-37-23-9-6-21(7-10-23)26-25(27(32)22-8-11-24(35-3)20(2)19-22)28(33)29(34)31(26)13-5-12-30-14-17-36-18-15-30/h6-11,19,26,32H,4-5,12-18H2,1-3H3/b27-25+. The van der Waals surface area contributed by atoms with Gasteiger partial charge in [-0.25, -0.2) is 0 Å². The van der Waals surface area contributed by atoms with Gasteiger partial charge in [-0.2, -0.15) is 0 Å². The lowest BCUT2D eigenvalue weighted by Gasteiger charge is -2.29. The van der Waals surface area contributed by atoms with Gasteiger partial charge in [-0.15, -0.1) is 0 Å². The minimum Gasteiger partial charge on any atom is -0.507 e. The number of likely N-dealkylation sites (tertiary alicyclic amines) is 1. The van der Waals surface area contributed by atoms with E-state index in [0.29, 0.717) is 44.1 Å². The van der Waals surface area contributed by atoms with E-state index in [9.17, 15) is 14.7 Å². The van der Waals surface area contributed by atoms with Crippen LogP contribution in [0.5, 0.6) is 11.5 Å². The van der Waals surface area contributed by atoms with Gasteiger partial charge in [0, 0.05) is 31.7 Å². The number of carbonyl (C=O) groups excluding carboxylic acids is 2. The number of ether oxygens (including phenoxy) is 3. The van der Waals surface area contributed by atoms with Crippen molar-refractivity contribution < 1.29 is 28.9 Å². The molecule has 1 unspecified atom stereocenters. The molecule has 2 aromatic rings. The number of carbonyl (C=O) groups is 2. The summed E-state index contributed by atoms with van der Waals surface area (Å²) in [6.07, 6.45) is 1.61. The summed E-state index contributed by atoms with van der Waals surface area (Å²) < 4.78 is 16.5. The Morgan fingerprint density at radius 3 is 2.46 bits per heavy atom. The zero-order chi connectivity index (χ0) is 26.4. The molecule has 2 heterocycles. The van der Waals surface area contributed by atoms with Gasteiger partial charge in [-0.1, -0.05) is 19.1 Å². The zero-order valence-electron chi connectivity index (χ0n) is 21.9. The first-order valence-electron chi connectivity index (χ1n) is 12.9. The van der Waals surface area contributed by atoms with Gasteiger partial charge >= 0.3 is 0 Å². The monoisotopic (exact) mass is 508 g/mol. The Kier molecular flexibility index (Phi) is 8.84. The third-order valence-electron chi connectivity index (χ3n) is 6.85. The Morgan fingerprint density at radius 2 is 1.81 bits per heavy atom. The third-order valence-corrected chi connectivity index (χ3v) is 6.85. The van der Waals surface area contributed by atoms with Crippen LogP contribution in [-0.2, 0) is 14.3 Å². The Balaban J connectivity index is 1.67. The average Bonchev–Trinajstić information content (AvgIpc) is 3.17. The van der Waals surface area contributed by atoms with Gasteiger partial charge < -0.3 is 24.2 Å². The van der Waals surface area contributed by atoms with Gasteiger partial charge in [-0.05, 0) is 61.2 Å². The number of aliphatic hydroxyl groups excluding tert-OH is 1. The van der Waals surface area contributed by atoms with Crippen LogP contribution in [-0.4, -0.2) is 79.7 Å². The molecule has 0 radical (unpaired) electrons. The molecule has 0 aromatic heterocycles. The lowest BCUT2D eigenvalue weighted by molar-refractivity contribution is -0.140. The third kappa shape index (κ3) is 5.97. The molecule has 1 atom stereocenters. The number of ketones is 1. The summed E-state index contributed by atoms with van der Waals surface area (Å²) >= 11 is 0. The van der Waals surface area contributed by atoms with Crippen LogP contribution in [0.3, 0.4) is 0 Å². The van der Waals surface area contributed by atoms with Crippen LogP contribution in [0.1, 0.15) is 42.5 Å². The van der Waals surface area contributed by atoms with E-state index in [-0.39, 0.29) is 11.3 Å². The van der Waals surface area contributed by atoms with Gasteiger partial charge in [0.2, 0.25) is 0 Å². The van der Waals surface area contributed by atoms with E-state index in [1.165, 1.54) is 0 Å². The van der Waals surface area contributed by atoms with Crippen LogP contribution in [0, 0.1) is 6.92 Å². The summed E-state index contributed by atoms with van der Waals surface area (Å²) in [5, 5.41) is 11.3. The smallest absolute Gasteiger partial charge is 0.295 e. The molecule has 2 aromatic carbocycles. The SMILES string of the molecule is CCCOc1ccc(C2/C(=C(\O)c3ccc(OC)c(C)c3)C(=O)C(=O)N2CCCN2CCOCC2)cc1. The number of amides is 1. The molecule has 2 fully saturated rings. The van der Waals surface area contributed by atoms with E-state index in [4.69, 9.17) is 14.2 Å². The van der Waals surface area contributed by atoms with E-state index in [0.717, 1.165) is 42.9 Å². The van der Waals surface area contributed by atoms with Crippen LogP contribution in [0.2, 0.25) is 0 Å². The highest BCUT2D eigenvalue weighted by atomic mass is 16.5. The summed E-state index contributed by atoms with van der Waals surface area (Å²) in [6, 6.07) is 11.9. The number of hydrogen-bond acceptors (Lipinski definition) is 7. The number of methoxy groups -OCH3 is 1. The van der Waals surface area contributed by atoms with E-state index >= 15 is 0 Å². The quantitative estimate of drug-likeness (QED) is 0.295. The number of hydrogen-bond donors (Lipinski definition) is 1. The van der Waals surface area contributed by atoms with Crippen molar-refractivity contribution in [3.8, 4) is 11.5 Å². The molecule has 0 spiro atoms. The molecular formula is C29H36N2O6. The molecule has 2 saturated heterocycles. The van der Waals surface area contributed by atoms with Gasteiger partial charge in [0.15, 0.2) is 0 Å². The molecule has 0 aliphatic carbocycles. The van der Waals surface area contributed by atoms with Gasteiger partial charge in [0.25, 0.3) is 11.7 Å². The fourth-order valence-corrected chi connectivity index (χ4v) is 4.89. The fourth-order valence-electron chi connectivity index (χ4n) is 4.89. The summed E-state index contributed by atoms with van der Waals surface area (Å²) in [4.78, 5) is 30.4. The van der Waals surface area contributed by atoms with Crippen molar-refractivity contribution in [3.05, 3.63) is 64.7 Å². The minimum atomic E-state index is -0.688. The normalized spacial score (nSPS) is 19.9. The first kappa shape index (κ1) is 26.7. The van der Waals surface area contributed by atoms with Crippen molar-refractivity contribution in [3.63, 3.8) is 0 Å². The topological polar surface area (TPSA) is 88.5 Å². The van der Waals surface area contributed by atoms with E-state index in [1.807, 2.05) is 38.1 Å². The van der Waals surface area contributed by atoms with E-state index in [1.54, 1.807) is 30.2 Å². The molecule has 8 nitrogen and oxygen atoms in total. The molecule has 2 aliphatic rings. The fraction of sp³-hybridized carbons (Fsp3) is 0.448. The van der Waals surface area contributed by atoms with Crippen LogP contribution >= 0.6 is 0 Å². The van der Waals surface area contributed by atoms with Crippen LogP contribution in [0.25, 0.3) is 5.76 Å². The number of morpholine rings is 1. The number of benzene rings is 2. The Hall–Kier alpha value is -3.36. The second-order valence-corrected chi connectivity index (χ2v) is 9.40. The maximum absolute atomic E-state index is 13.3. The first-order valence-corrected chi connectivity index (χ1v) is 12.9. The number of rotatable bonds is 10. The number of aryl methyl sites for hydroxylation is 1. The van der Waals surface area contributed by atoms with Crippen LogP contribution < -0.4 is 9.47 Å². The summed E-state index contributed by atoms with van der Waals surface area (Å²) in [7, 11) is 1.58. The van der Waals surface area contributed by atoms with Crippen molar-refractivity contribution in [2.75, 3.05) is 53.1 Å². The minimum absolute atomic E-state index is 0.100. The molecule has 198 valence electrons. The van der Waals surface area contributed by atoms with Crippen LogP contribution in [0.4, 0.5) is 0 Å². The first-order chi connectivity index (χ1) is 17.9. The van der Waals surface area contributed by atoms with Crippen molar-refractivity contribution in [1.29, 1.82) is 0 Å². The van der Waals surface area contributed by atoms with Crippen LogP contribution in [0.15, 0.2) is 48.0 Å². The van der Waals surface area contributed by atoms with Crippen molar-refractivity contribution in [2.24, 2.45) is 0 Å². The highest BCUT2D eigenvalue weighted by Crippen LogP contribution is 2.40. The Morgan fingerprint density at radius 1 is 1.08 bits per heavy atom. The molecule has 0 saturated carbocycles. The molecule has 1 amide bonds. The van der Waals surface area contributed by atoms with Crippen molar-refractivity contribution in [1.82, 2.24) is 9.80 Å². The molecule has 4 rings (SSSR count). The zero-order valence-corrected chi connectivity index (χ0v) is 21.9. The molecule has 2 aliphatic heterocycles. The molecule has 1 N–H and O–H groups in total. The molecule has 8 heteroatoms. The highest BCUT2D eigenvalue weighted by molar-refractivity contribution is 6.46. The molecule has 37 heavy (non-hydrogen) atoms. The summed E-state index contributed by atoms with van der Waals surface area (Å²) in [6.45, 7) is 8.86. The maximum Gasteiger partial charge on any atom is 0.295 e. The number of aliphatic hydroxyl groups is 1.